The topological polar surface area (TPSA) is 38.7 Å². The molecule has 2 heterocycles. The Morgan fingerprint density at radius 1 is 0.283 bits per heavy atom. The first-order valence-electron chi connectivity index (χ1n) is 20.4. The minimum atomic E-state index is -0.469. The van der Waals surface area contributed by atoms with Gasteiger partial charge in [-0.2, -0.15) is 0 Å². The third-order valence-corrected chi connectivity index (χ3v) is 13.5. The number of nitrogens with zero attached hydrogens (tertiary/aromatic N) is 3. The number of rotatable bonds is 5. The van der Waals surface area contributed by atoms with Crippen molar-refractivity contribution in [1.29, 1.82) is 0 Å². The van der Waals surface area contributed by atoms with Gasteiger partial charge in [-0.3, -0.25) is 0 Å². The molecule has 3 nitrogen and oxygen atoms in total. The molecule has 0 atom stereocenters. The molecule has 1 aliphatic heterocycles. The first-order chi connectivity index (χ1) is 29.8. The highest BCUT2D eigenvalue weighted by Gasteiger charge is 2.50. The van der Waals surface area contributed by atoms with Crippen LogP contribution in [0, 0.1) is 0 Å². The molecular weight excluding hydrogens is 747 g/mol. The van der Waals surface area contributed by atoms with Crippen molar-refractivity contribution in [2.45, 2.75) is 15.2 Å². The van der Waals surface area contributed by atoms with Crippen molar-refractivity contribution in [2.75, 3.05) is 0 Å². The van der Waals surface area contributed by atoms with Gasteiger partial charge in [0.05, 0.1) is 5.41 Å². The third-order valence-electron chi connectivity index (χ3n) is 12.2. The maximum atomic E-state index is 5.39. The summed E-state index contributed by atoms with van der Waals surface area (Å²) in [6.45, 7) is 0. The molecule has 0 bridgehead atoms. The Hall–Kier alpha value is -7.40. The summed E-state index contributed by atoms with van der Waals surface area (Å²) in [5.41, 5.74) is 14.8. The molecule has 4 heteroatoms. The van der Waals surface area contributed by atoms with E-state index in [2.05, 4.69) is 194 Å². The van der Waals surface area contributed by atoms with Gasteiger partial charge >= 0.3 is 0 Å². The second-order valence-corrected chi connectivity index (χ2v) is 16.5. The number of aromatic nitrogens is 3. The molecule has 10 aromatic rings. The predicted octanol–water partition coefficient (Wildman–Crippen LogP) is 14.2. The van der Waals surface area contributed by atoms with Crippen LogP contribution in [0.25, 0.3) is 78.3 Å². The fourth-order valence-corrected chi connectivity index (χ4v) is 11.0. The Morgan fingerprint density at radius 2 is 0.750 bits per heavy atom. The first kappa shape index (κ1) is 34.6. The summed E-state index contributed by atoms with van der Waals surface area (Å²) in [7, 11) is 0. The van der Waals surface area contributed by atoms with Crippen molar-refractivity contribution in [3.63, 3.8) is 0 Å². The van der Waals surface area contributed by atoms with Crippen LogP contribution in [0.2, 0.25) is 0 Å². The van der Waals surface area contributed by atoms with Gasteiger partial charge in [0.15, 0.2) is 17.5 Å². The fraction of sp³-hybridized carbons (Fsp3) is 0.0179. The van der Waals surface area contributed by atoms with Crippen LogP contribution in [-0.4, -0.2) is 15.0 Å². The third kappa shape index (κ3) is 5.21. The number of hydrogen-bond donors (Lipinski definition) is 0. The quantitative estimate of drug-likeness (QED) is 0.174. The van der Waals surface area contributed by atoms with E-state index in [4.69, 9.17) is 15.0 Å². The van der Waals surface area contributed by atoms with Gasteiger partial charge in [0.25, 0.3) is 0 Å². The molecule has 0 amide bonds. The van der Waals surface area contributed by atoms with Crippen LogP contribution in [0.5, 0.6) is 0 Å². The highest BCUT2D eigenvalue weighted by atomic mass is 32.2. The summed E-state index contributed by atoms with van der Waals surface area (Å²) < 4.78 is 0. The van der Waals surface area contributed by atoms with Crippen molar-refractivity contribution < 1.29 is 0 Å². The zero-order valence-corrected chi connectivity index (χ0v) is 33.3. The Kier molecular flexibility index (Phi) is 8.00. The van der Waals surface area contributed by atoms with Gasteiger partial charge in [0.2, 0.25) is 0 Å². The lowest BCUT2D eigenvalue weighted by atomic mass is 9.67. The summed E-state index contributed by atoms with van der Waals surface area (Å²) >= 11 is 1.87. The summed E-state index contributed by atoms with van der Waals surface area (Å²) in [5, 5.41) is 2.25. The van der Waals surface area contributed by atoms with Crippen LogP contribution in [0.3, 0.4) is 0 Å². The van der Waals surface area contributed by atoms with Gasteiger partial charge in [0.1, 0.15) is 0 Å². The predicted molar refractivity (Wildman–Crippen MR) is 246 cm³/mol. The zero-order chi connectivity index (χ0) is 39.6. The molecule has 0 saturated carbocycles. The number of fused-ring (bicyclic) bond motifs is 10. The van der Waals surface area contributed by atoms with Crippen LogP contribution in [0.4, 0.5) is 0 Å². The first-order valence-corrected chi connectivity index (χ1v) is 21.2. The van der Waals surface area contributed by atoms with E-state index in [9.17, 15) is 0 Å². The van der Waals surface area contributed by atoms with E-state index in [0.29, 0.717) is 17.5 Å². The Bertz CT molecular complexity index is 3260. The largest absolute Gasteiger partial charge is 0.208 e. The van der Waals surface area contributed by atoms with Crippen molar-refractivity contribution in [2.24, 2.45) is 0 Å². The van der Waals surface area contributed by atoms with E-state index in [0.717, 1.165) is 38.6 Å². The average molecular weight is 782 g/mol. The van der Waals surface area contributed by atoms with E-state index in [1.165, 1.54) is 54.3 Å². The second-order valence-electron chi connectivity index (χ2n) is 15.4. The Balaban J connectivity index is 1.09. The van der Waals surface area contributed by atoms with Crippen molar-refractivity contribution >= 4 is 22.5 Å². The van der Waals surface area contributed by atoms with Crippen LogP contribution >= 0.6 is 11.8 Å². The summed E-state index contributed by atoms with van der Waals surface area (Å²) in [4.78, 5) is 18.4. The molecule has 12 rings (SSSR count). The van der Waals surface area contributed by atoms with Crippen molar-refractivity contribution in [3.8, 4) is 67.5 Å². The Morgan fingerprint density at radius 3 is 1.45 bits per heavy atom. The van der Waals surface area contributed by atoms with E-state index in [1.807, 2.05) is 30.0 Å². The maximum absolute atomic E-state index is 5.39. The van der Waals surface area contributed by atoms with E-state index < -0.39 is 5.41 Å². The minimum absolute atomic E-state index is 0.469. The second kappa shape index (κ2) is 13.9. The molecule has 1 aliphatic carbocycles. The highest BCUT2D eigenvalue weighted by Crippen LogP contribution is 2.63. The van der Waals surface area contributed by atoms with E-state index in [1.54, 1.807) is 0 Å². The van der Waals surface area contributed by atoms with Crippen LogP contribution in [-0.2, 0) is 5.41 Å². The van der Waals surface area contributed by atoms with Gasteiger partial charge in [-0.15, -0.1) is 0 Å². The minimum Gasteiger partial charge on any atom is -0.208 e. The van der Waals surface area contributed by atoms with E-state index in [-0.39, 0.29) is 0 Å². The molecule has 2 aliphatic rings. The molecular formula is C56H35N3S. The average Bonchev–Trinajstić information content (AvgIpc) is 3.62. The molecule has 0 N–H and O–H groups in total. The van der Waals surface area contributed by atoms with Gasteiger partial charge < -0.3 is 0 Å². The lowest BCUT2D eigenvalue weighted by molar-refractivity contribution is 0.723. The summed E-state index contributed by atoms with van der Waals surface area (Å²) in [5.74, 6) is 1.91. The molecule has 0 unspecified atom stereocenters. The Labute approximate surface area is 353 Å². The molecule has 0 fully saturated rings. The van der Waals surface area contributed by atoms with Gasteiger partial charge in [0, 0.05) is 26.5 Å². The SMILES string of the molecule is c1ccc(-c2nc(-c3ccccc3-c3cccc4c3Sc3ccccc3C43c4ccccc4-c4ccccc43)nc(-c3ccc(-c4ccccc4)c4ccccc34)n2)cc1. The van der Waals surface area contributed by atoms with Crippen LogP contribution in [0.1, 0.15) is 22.3 Å². The molecule has 0 radical (unpaired) electrons. The van der Waals surface area contributed by atoms with Crippen molar-refractivity contribution in [3.05, 3.63) is 235 Å². The standard InChI is InChI=1S/C56H35N3S/c1-3-18-36(19-4-1)38-34-35-46(40-23-8-7-22-39(38)40)55-58-53(37-20-5-2-6-21-37)57-54(59-55)45-27-10-9-24-41(45)44-28-17-32-50-52(44)60-51-33-16-15-31-49(51)56(50)47-29-13-11-25-42(47)43-26-12-14-30-48(43)56/h1-35H. The monoisotopic (exact) mass is 781 g/mol. The summed E-state index contributed by atoms with van der Waals surface area (Å²) in [6.07, 6.45) is 0. The smallest absolute Gasteiger partial charge is 0.164 e. The number of benzene rings is 9. The van der Waals surface area contributed by atoms with E-state index >= 15 is 0 Å². The molecule has 1 aromatic heterocycles. The van der Waals surface area contributed by atoms with Gasteiger partial charge in [-0.05, 0) is 78.5 Å². The lowest BCUT2D eigenvalue weighted by Gasteiger charge is -2.40. The zero-order valence-electron chi connectivity index (χ0n) is 32.5. The molecule has 0 saturated heterocycles. The van der Waals surface area contributed by atoms with Crippen LogP contribution in [0.15, 0.2) is 222 Å². The molecule has 60 heavy (non-hydrogen) atoms. The molecule has 9 aromatic carbocycles. The molecule has 280 valence electrons. The van der Waals surface area contributed by atoms with Gasteiger partial charge in [-0.25, -0.2) is 15.0 Å². The number of hydrogen-bond acceptors (Lipinski definition) is 4. The van der Waals surface area contributed by atoms with Crippen LogP contribution < -0.4 is 0 Å². The summed E-state index contributed by atoms with van der Waals surface area (Å²) in [6, 6.07) is 76.2. The maximum Gasteiger partial charge on any atom is 0.164 e. The highest BCUT2D eigenvalue weighted by molar-refractivity contribution is 7.99. The van der Waals surface area contributed by atoms with Crippen molar-refractivity contribution in [1.82, 2.24) is 15.0 Å². The molecule has 1 spiro atoms. The van der Waals surface area contributed by atoms with Gasteiger partial charge in [-0.1, -0.05) is 212 Å². The normalized spacial score (nSPS) is 13.1. The lowest BCUT2D eigenvalue weighted by Crippen LogP contribution is -2.32. The fourth-order valence-electron chi connectivity index (χ4n) is 9.70.